The van der Waals surface area contributed by atoms with Crippen molar-refractivity contribution in [2.24, 2.45) is 5.92 Å². The van der Waals surface area contributed by atoms with Gasteiger partial charge in [0.25, 0.3) is 0 Å². The van der Waals surface area contributed by atoms with Crippen LogP contribution in [0.1, 0.15) is 26.7 Å². The summed E-state index contributed by atoms with van der Waals surface area (Å²) in [7, 11) is 0. The first-order valence-electron chi connectivity index (χ1n) is 7.03. The third kappa shape index (κ3) is 3.66. The van der Waals surface area contributed by atoms with E-state index in [1.807, 2.05) is 0 Å². The number of benzene rings is 1. The molecule has 1 saturated heterocycles. The highest BCUT2D eigenvalue weighted by atomic mass is 19.2. The van der Waals surface area contributed by atoms with Gasteiger partial charge in [-0.05, 0) is 37.4 Å². The van der Waals surface area contributed by atoms with Crippen molar-refractivity contribution in [3.8, 4) is 0 Å². The van der Waals surface area contributed by atoms with Gasteiger partial charge in [0.1, 0.15) is 0 Å². The summed E-state index contributed by atoms with van der Waals surface area (Å²) in [6.45, 7) is 7.10. The number of halogens is 2. The van der Waals surface area contributed by atoms with Crippen molar-refractivity contribution in [3.05, 3.63) is 29.8 Å². The molecule has 1 heterocycles. The van der Waals surface area contributed by atoms with E-state index in [1.165, 1.54) is 12.1 Å². The van der Waals surface area contributed by atoms with Gasteiger partial charge in [0.05, 0.1) is 0 Å². The Hall–Kier alpha value is -1.16. The van der Waals surface area contributed by atoms with Gasteiger partial charge >= 0.3 is 0 Å². The van der Waals surface area contributed by atoms with Crippen LogP contribution in [0.3, 0.4) is 0 Å². The SMILES string of the molecule is CCCNC1CC(C)CN(c2ccc(F)c(F)c2)C1. The molecule has 106 valence electrons. The molecule has 0 bridgehead atoms. The predicted molar refractivity (Wildman–Crippen MR) is 74.4 cm³/mol. The van der Waals surface area contributed by atoms with Crippen LogP contribution in [0.4, 0.5) is 14.5 Å². The largest absolute Gasteiger partial charge is 0.370 e. The van der Waals surface area contributed by atoms with Gasteiger partial charge in [0, 0.05) is 30.9 Å². The van der Waals surface area contributed by atoms with Crippen molar-refractivity contribution in [1.82, 2.24) is 5.32 Å². The molecule has 2 rings (SSSR count). The molecule has 1 aliphatic rings. The molecule has 1 aromatic carbocycles. The zero-order chi connectivity index (χ0) is 13.8. The molecule has 2 nitrogen and oxygen atoms in total. The molecule has 4 heteroatoms. The molecule has 1 aliphatic heterocycles. The molecule has 0 spiro atoms. The summed E-state index contributed by atoms with van der Waals surface area (Å²) in [5.41, 5.74) is 0.772. The lowest BCUT2D eigenvalue weighted by atomic mass is 9.95. The molecule has 0 saturated carbocycles. The second-order valence-electron chi connectivity index (χ2n) is 5.50. The van der Waals surface area contributed by atoms with Crippen LogP contribution in [0.2, 0.25) is 0 Å². The van der Waals surface area contributed by atoms with Crippen LogP contribution in [0.15, 0.2) is 18.2 Å². The van der Waals surface area contributed by atoms with Crippen molar-refractivity contribution in [1.29, 1.82) is 0 Å². The van der Waals surface area contributed by atoms with Gasteiger partial charge in [-0.3, -0.25) is 0 Å². The first-order valence-corrected chi connectivity index (χ1v) is 7.03. The number of nitrogens with one attached hydrogen (secondary N) is 1. The molecule has 1 fully saturated rings. The Labute approximate surface area is 113 Å². The van der Waals surface area contributed by atoms with E-state index < -0.39 is 11.6 Å². The highest BCUT2D eigenvalue weighted by Gasteiger charge is 2.24. The van der Waals surface area contributed by atoms with Crippen LogP contribution < -0.4 is 10.2 Å². The minimum atomic E-state index is -0.783. The number of nitrogens with zero attached hydrogens (tertiary/aromatic N) is 1. The predicted octanol–water partition coefficient (Wildman–Crippen LogP) is 3.18. The summed E-state index contributed by atoms with van der Waals surface area (Å²) in [6.07, 6.45) is 2.25. The Kier molecular flexibility index (Phi) is 4.75. The minimum Gasteiger partial charge on any atom is -0.370 e. The summed E-state index contributed by atoms with van der Waals surface area (Å²) in [6, 6.07) is 4.59. The summed E-state index contributed by atoms with van der Waals surface area (Å²) >= 11 is 0. The molecular weight excluding hydrogens is 246 g/mol. The molecule has 0 aliphatic carbocycles. The summed E-state index contributed by atoms with van der Waals surface area (Å²) in [5.74, 6) is -1.00. The smallest absolute Gasteiger partial charge is 0.160 e. The first-order chi connectivity index (χ1) is 9.10. The Balaban J connectivity index is 2.07. The minimum absolute atomic E-state index is 0.428. The van der Waals surface area contributed by atoms with Gasteiger partial charge in [-0.1, -0.05) is 13.8 Å². The van der Waals surface area contributed by atoms with Crippen LogP contribution in [0, 0.1) is 17.6 Å². The zero-order valence-electron chi connectivity index (χ0n) is 11.6. The molecule has 0 amide bonds. The average Bonchev–Trinajstić information content (AvgIpc) is 2.39. The maximum atomic E-state index is 13.3. The van der Waals surface area contributed by atoms with Crippen molar-refractivity contribution in [2.75, 3.05) is 24.5 Å². The zero-order valence-corrected chi connectivity index (χ0v) is 11.6. The van der Waals surface area contributed by atoms with E-state index in [9.17, 15) is 8.78 Å². The molecular formula is C15H22F2N2. The molecule has 2 unspecified atom stereocenters. The standard InChI is InChI=1S/C15H22F2N2/c1-3-6-18-12-7-11(2)9-19(10-12)13-4-5-14(16)15(17)8-13/h4-5,8,11-12,18H,3,6-7,9-10H2,1-2H3. The highest BCUT2D eigenvalue weighted by molar-refractivity contribution is 5.47. The van der Waals surface area contributed by atoms with Crippen LogP contribution in [-0.4, -0.2) is 25.7 Å². The fourth-order valence-corrected chi connectivity index (χ4v) is 2.74. The molecule has 1 N–H and O–H groups in total. The Morgan fingerprint density at radius 1 is 1.26 bits per heavy atom. The second-order valence-corrected chi connectivity index (χ2v) is 5.50. The van der Waals surface area contributed by atoms with E-state index in [4.69, 9.17) is 0 Å². The van der Waals surface area contributed by atoms with E-state index >= 15 is 0 Å². The molecule has 19 heavy (non-hydrogen) atoms. The third-order valence-corrected chi connectivity index (χ3v) is 3.61. The van der Waals surface area contributed by atoms with E-state index in [0.717, 1.165) is 38.2 Å². The van der Waals surface area contributed by atoms with Crippen molar-refractivity contribution < 1.29 is 8.78 Å². The van der Waals surface area contributed by atoms with E-state index in [1.54, 1.807) is 6.07 Å². The Bertz CT molecular complexity index is 423. The lowest BCUT2D eigenvalue weighted by Crippen LogP contribution is -2.49. The third-order valence-electron chi connectivity index (χ3n) is 3.61. The molecule has 2 atom stereocenters. The van der Waals surface area contributed by atoms with Gasteiger partial charge in [-0.15, -0.1) is 0 Å². The average molecular weight is 268 g/mol. The lowest BCUT2D eigenvalue weighted by molar-refractivity contribution is 0.351. The maximum Gasteiger partial charge on any atom is 0.160 e. The van der Waals surface area contributed by atoms with Gasteiger partial charge in [-0.2, -0.15) is 0 Å². The second kappa shape index (κ2) is 6.33. The molecule has 0 radical (unpaired) electrons. The van der Waals surface area contributed by atoms with Gasteiger partial charge in [-0.25, -0.2) is 8.78 Å². The lowest BCUT2D eigenvalue weighted by Gasteiger charge is -2.38. The number of hydrogen-bond donors (Lipinski definition) is 1. The van der Waals surface area contributed by atoms with Crippen molar-refractivity contribution in [3.63, 3.8) is 0 Å². The molecule has 0 aromatic heterocycles. The fourth-order valence-electron chi connectivity index (χ4n) is 2.74. The number of piperidine rings is 1. The quantitative estimate of drug-likeness (QED) is 0.902. The van der Waals surface area contributed by atoms with E-state index in [0.29, 0.717) is 12.0 Å². The Morgan fingerprint density at radius 2 is 2.05 bits per heavy atom. The van der Waals surface area contributed by atoms with Gasteiger partial charge in [0.2, 0.25) is 0 Å². The summed E-state index contributed by atoms with van der Waals surface area (Å²) < 4.78 is 26.3. The normalized spacial score (nSPS) is 23.7. The summed E-state index contributed by atoms with van der Waals surface area (Å²) in [4.78, 5) is 2.14. The number of rotatable bonds is 4. The number of anilines is 1. The van der Waals surface area contributed by atoms with Crippen LogP contribution in [0.25, 0.3) is 0 Å². The van der Waals surface area contributed by atoms with Gasteiger partial charge < -0.3 is 10.2 Å². The fraction of sp³-hybridized carbons (Fsp3) is 0.600. The van der Waals surface area contributed by atoms with Crippen molar-refractivity contribution in [2.45, 2.75) is 32.7 Å². The van der Waals surface area contributed by atoms with Crippen molar-refractivity contribution >= 4 is 5.69 Å². The van der Waals surface area contributed by atoms with Gasteiger partial charge in [0.15, 0.2) is 11.6 Å². The summed E-state index contributed by atoms with van der Waals surface area (Å²) in [5, 5.41) is 3.52. The highest BCUT2D eigenvalue weighted by Crippen LogP contribution is 2.24. The van der Waals surface area contributed by atoms with Crippen LogP contribution in [0.5, 0.6) is 0 Å². The topological polar surface area (TPSA) is 15.3 Å². The Morgan fingerprint density at radius 3 is 2.74 bits per heavy atom. The molecule has 1 aromatic rings. The van der Waals surface area contributed by atoms with Crippen LogP contribution in [-0.2, 0) is 0 Å². The van der Waals surface area contributed by atoms with E-state index in [2.05, 4.69) is 24.1 Å². The van der Waals surface area contributed by atoms with Crippen LogP contribution >= 0.6 is 0 Å². The maximum absolute atomic E-state index is 13.3. The monoisotopic (exact) mass is 268 g/mol. The van der Waals surface area contributed by atoms with E-state index in [-0.39, 0.29) is 0 Å². The number of hydrogen-bond acceptors (Lipinski definition) is 2. The first kappa shape index (κ1) is 14.3.